The molecule has 0 saturated heterocycles. The molecule has 0 spiro atoms. The normalized spacial score (nSPS) is 14.2. The zero-order valence-electron chi connectivity index (χ0n) is 8.15. The Labute approximate surface area is 82.3 Å². The Hall–Kier alpha value is -1.10. The van der Waals surface area contributed by atoms with Crippen LogP contribution >= 0.6 is 0 Å². The molecule has 1 aliphatic rings. The molecule has 0 radical (unpaired) electrons. The van der Waals surface area contributed by atoms with E-state index in [1.165, 1.54) is 0 Å². The summed E-state index contributed by atoms with van der Waals surface area (Å²) in [7, 11) is 3.21. The first-order chi connectivity index (χ1) is 6.85. The first kappa shape index (κ1) is 9.45. The van der Waals surface area contributed by atoms with Crippen LogP contribution in [0.15, 0.2) is 18.2 Å². The van der Waals surface area contributed by atoms with E-state index in [0.717, 1.165) is 16.9 Å². The molecule has 4 nitrogen and oxygen atoms in total. The predicted octanol–water partition coefficient (Wildman–Crippen LogP) is 1.80. The van der Waals surface area contributed by atoms with Crippen LogP contribution in [-0.4, -0.2) is 14.2 Å². The summed E-state index contributed by atoms with van der Waals surface area (Å²) < 4.78 is 10.3. The third-order valence-corrected chi connectivity index (χ3v) is 2.15. The zero-order chi connectivity index (χ0) is 9.97. The van der Waals surface area contributed by atoms with Gasteiger partial charge in [0.1, 0.15) is 6.61 Å². The van der Waals surface area contributed by atoms with Gasteiger partial charge in [-0.2, -0.15) is 4.89 Å². The SMILES string of the molecule is COC(OC)c1ccc2c(c1)COO2. The number of rotatable bonds is 3. The van der Waals surface area contributed by atoms with Crippen molar-refractivity contribution in [2.24, 2.45) is 0 Å². The molecule has 0 atom stereocenters. The van der Waals surface area contributed by atoms with Crippen molar-refractivity contribution in [3.8, 4) is 5.75 Å². The van der Waals surface area contributed by atoms with Crippen LogP contribution < -0.4 is 4.89 Å². The highest BCUT2D eigenvalue weighted by molar-refractivity contribution is 5.38. The van der Waals surface area contributed by atoms with Crippen molar-refractivity contribution in [2.45, 2.75) is 12.9 Å². The molecule has 0 aliphatic carbocycles. The molecule has 0 unspecified atom stereocenters. The van der Waals surface area contributed by atoms with Crippen molar-refractivity contribution in [3.05, 3.63) is 29.3 Å². The summed E-state index contributed by atoms with van der Waals surface area (Å²) in [4.78, 5) is 9.75. The molecule has 1 heterocycles. The molecule has 2 rings (SSSR count). The van der Waals surface area contributed by atoms with Crippen LogP contribution in [0.25, 0.3) is 0 Å². The lowest BCUT2D eigenvalue weighted by atomic mass is 10.1. The van der Waals surface area contributed by atoms with Crippen LogP contribution in [0, 0.1) is 0 Å². The van der Waals surface area contributed by atoms with E-state index in [9.17, 15) is 0 Å². The Kier molecular flexibility index (Phi) is 2.67. The Bertz CT molecular complexity index is 320. The van der Waals surface area contributed by atoms with Gasteiger partial charge in [0.25, 0.3) is 0 Å². The lowest BCUT2D eigenvalue weighted by Crippen LogP contribution is -2.03. The van der Waals surface area contributed by atoms with Crippen LogP contribution in [-0.2, 0) is 21.0 Å². The van der Waals surface area contributed by atoms with Crippen molar-refractivity contribution in [2.75, 3.05) is 14.2 Å². The van der Waals surface area contributed by atoms with Crippen molar-refractivity contribution in [3.63, 3.8) is 0 Å². The van der Waals surface area contributed by atoms with Crippen LogP contribution in [0.1, 0.15) is 17.4 Å². The largest absolute Gasteiger partial charge is 0.352 e. The van der Waals surface area contributed by atoms with Crippen LogP contribution in [0.5, 0.6) is 5.75 Å². The van der Waals surface area contributed by atoms with E-state index in [1.807, 2.05) is 18.2 Å². The summed E-state index contributed by atoms with van der Waals surface area (Å²) in [6, 6.07) is 5.70. The Morgan fingerprint density at radius 1 is 1.29 bits per heavy atom. The maximum Gasteiger partial charge on any atom is 0.183 e. The average molecular weight is 196 g/mol. The fourth-order valence-electron chi connectivity index (χ4n) is 1.46. The molecule has 0 amide bonds. The van der Waals surface area contributed by atoms with Gasteiger partial charge in [0.15, 0.2) is 12.0 Å². The molecule has 0 aromatic heterocycles. The second-order valence-electron chi connectivity index (χ2n) is 3.02. The van der Waals surface area contributed by atoms with Crippen LogP contribution in [0.4, 0.5) is 0 Å². The number of hydrogen-bond donors (Lipinski definition) is 0. The van der Waals surface area contributed by atoms with Gasteiger partial charge in [-0.15, -0.1) is 0 Å². The topological polar surface area (TPSA) is 36.9 Å². The van der Waals surface area contributed by atoms with Crippen molar-refractivity contribution >= 4 is 0 Å². The smallest absolute Gasteiger partial charge is 0.183 e. The molecule has 1 aromatic carbocycles. The monoisotopic (exact) mass is 196 g/mol. The second kappa shape index (κ2) is 3.96. The highest BCUT2D eigenvalue weighted by atomic mass is 17.2. The number of methoxy groups -OCH3 is 2. The minimum Gasteiger partial charge on any atom is -0.352 e. The molecule has 1 aliphatic heterocycles. The van der Waals surface area contributed by atoms with Crippen molar-refractivity contribution < 1.29 is 19.2 Å². The molecule has 0 bridgehead atoms. The fraction of sp³-hybridized carbons (Fsp3) is 0.400. The third kappa shape index (κ3) is 1.59. The van der Waals surface area contributed by atoms with Crippen LogP contribution in [0.2, 0.25) is 0 Å². The van der Waals surface area contributed by atoms with Gasteiger partial charge in [-0.05, 0) is 12.1 Å². The zero-order valence-corrected chi connectivity index (χ0v) is 8.15. The van der Waals surface area contributed by atoms with Gasteiger partial charge in [-0.3, -0.25) is 0 Å². The lowest BCUT2D eigenvalue weighted by molar-refractivity contribution is -0.194. The quantitative estimate of drug-likeness (QED) is 0.545. The Morgan fingerprint density at radius 2 is 2.07 bits per heavy atom. The number of ether oxygens (including phenoxy) is 2. The molecule has 0 N–H and O–H groups in total. The van der Waals surface area contributed by atoms with Crippen molar-refractivity contribution in [1.29, 1.82) is 0 Å². The van der Waals surface area contributed by atoms with E-state index in [4.69, 9.17) is 19.2 Å². The number of fused-ring (bicyclic) bond motifs is 1. The lowest BCUT2D eigenvalue weighted by Gasteiger charge is -2.13. The second-order valence-corrected chi connectivity index (χ2v) is 3.02. The Morgan fingerprint density at radius 3 is 2.79 bits per heavy atom. The summed E-state index contributed by atoms with van der Waals surface area (Å²) in [6.45, 7) is 0.476. The van der Waals surface area contributed by atoms with Gasteiger partial charge >= 0.3 is 0 Å². The minimum absolute atomic E-state index is 0.333. The molecule has 0 saturated carbocycles. The maximum absolute atomic E-state index is 5.14. The van der Waals surface area contributed by atoms with Gasteiger partial charge in [0.05, 0.1) is 0 Å². The highest BCUT2D eigenvalue weighted by Crippen LogP contribution is 2.29. The fourth-order valence-corrected chi connectivity index (χ4v) is 1.46. The first-order valence-corrected chi connectivity index (χ1v) is 4.33. The summed E-state index contributed by atoms with van der Waals surface area (Å²) in [5.41, 5.74) is 1.98. The van der Waals surface area contributed by atoms with E-state index in [2.05, 4.69) is 0 Å². The highest BCUT2D eigenvalue weighted by Gasteiger charge is 2.17. The average Bonchev–Trinajstić information content (AvgIpc) is 2.66. The van der Waals surface area contributed by atoms with E-state index in [0.29, 0.717) is 6.61 Å². The standard InChI is InChI=1S/C10H12O4/c1-11-10(12-2)7-3-4-9-8(5-7)6-13-14-9/h3-5,10H,6H2,1-2H3. The predicted molar refractivity (Wildman–Crippen MR) is 48.6 cm³/mol. The summed E-state index contributed by atoms with van der Waals surface area (Å²) in [5, 5.41) is 0. The van der Waals surface area contributed by atoms with Gasteiger partial charge in [-0.25, -0.2) is 0 Å². The summed E-state index contributed by atoms with van der Waals surface area (Å²) in [6.07, 6.45) is -0.333. The Balaban J connectivity index is 2.27. The van der Waals surface area contributed by atoms with Gasteiger partial charge in [0.2, 0.25) is 0 Å². The molecular formula is C10H12O4. The van der Waals surface area contributed by atoms with Crippen molar-refractivity contribution in [1.82, 2.24) is 0 Å². The molecule has 76 valence electrons. The van der Waals surface area contributed by atoms with E-state index in [1.54, 1.807) is 14.2 Å². The first-order valence-electron chi connectivity index (χ1n) is 4.33. The number of benzene rings is 1. The van der Waals surface area contributed by atoms with Crippen LogP contribution in [0.3, 0.4) is 0 Å². The van der Waals surface area contributed by atoms with E-state index < -0.39 is 0 Å². The molecular weight excluding hydrogens is 184 g/mol. The third-order valence-electron chi connectivity index (χ3n) is 2.15. The van der Waals surface area contributed by atoms with Gasteiger partial charge in [0, 0.05) is 25.3 Å². The van der Waals surface area contributed by atoms with Gasteiger partial charge < -0.3 is 14.4 Å². The summed E-state index contributed by atoms with van der Waals surface area (Å²) in [5.74, 6) is 0.764. The molecule has 0 fully saturated rings. The van der Waals surface area contributed by atoms with Gasteiger partial charge in [-0.1, -0.05) is 6.07 Å². The summed E-state index contributed by atoms with van der Waals surface area (Å²) >= 11 is 0. The maximum atomic E-state index is 5.14. The molecule has 4 heteroatoms. The molecule has 1 aromatic rings. The molecule has 14 heavy (non-hydrogen) atoms. The number of hydrogen-bond acceptors (Lipinski definition) is 4. The minimum atomic E-state index is -0.333. The van der Waals surface area contributed by atoms with E-state index >= 15 is 0 Å². The van der Waals surface area contributed by atoms with E-state index in [-0.39, 0.29) is 6.29 Å².